The maximum absolute atomic E-state index is 3.84. The van der Waals surface area contributed by atoms with Crippen LogP contribution in [0.4, 0.5) is 0 Å². The van der Waals surface area contributed by atoms with E-state index in [1.165, 1.54) is 45.2 Å². The van der Waals surface area contributed by atoms with Crippen molar-refractivity contribution >= 4 is 0 Å². The van der Waals surface area contributed by atoms with Crippen LogP contribution < -0.4 is 5.32 Å². The molecule has 0 spiro atoms. The molecule has 2 heteroatoms. The van der Waals surface area contributed by atoms with E-state index in [2.05, 4.69) is 31.1 Å². The second kappa shape index (κ2) is 4.42. The lowest BCUT2D eigenvalue weighted by atomic mass is 9.75. The minimum atomic E-state index is 0.602. The van der Waals surface area contributed by atoms with Gasteiger partial charge in [0, 0.05) is 18.6 Å². The Morgan fingerprint density at radius 2 is 1.73 bits per heavy atom. The molecule has 0 aromatic carbocycles. The standard InChI is InChI=1S/C13H26N2/c1-13(2)7-4-11(5-8-13)14-12-6-9-15(3)10-12/h11-12,14H,4-10H2,1-3H3/t12-/m0/s1. The lowest BCUT2D eigenvalue weighted by Gasteiger charge is -2.36. The topological polar surface area (TPSA) is 15.3 Å². The van der Waals surface area contributed by atoms with Gasteiger partial charge < -0.3 is 10.2 Å². The summed E-state index contributed by atoms with van der Waals surface area (Å²) in [4.78, 5) is 2.43. The van der Waals surface area contributed by atoms with E-state index >= 15 is 0 Å². The summed E-state index contributed by atoms with van der Waals surface area (Å²) in [6, 6.07) is 1.57. The highest BCUT2D eigenvalue weighted by Gasteiger charge is 2.29. The van der Waals surface area contributed by atoms with Gasteiger partial charge in [0.25, 0.3) is 0 Å². The monoisotopic (exact) mass is 210 g/mol. The van der Waals surface area contributed by atoms with Gasteiger partial charge in [0.15, 0.2) is 0 Å². The predicted molar refractivity (Wildman–Crippen MR) is 65.1 cm³/mol. The fourth-order valence-corrected chi connectivity index (χ4v) is 2.97. The lowest BCUT2D eigenvalue weighted by Crippen LogP contribution is -2.42. The van der Waals surface area contributed by atoms with E-state index in [1.807, 2.05) is 0 Å². The zero-order valence-corrected chi connectivity index (χ0v) is 10.6. The van der Waals surface area contributed by atoms with Crippen molar-refractivity contribution in [1.82, 2.24) is 10.2 Å². The van der Waals surface area contributed by atoms with Crippen LogP contribution in [0.15, 0.2) is 0 Å². The molecule has 2 rings (SSSR count). The number of hydrogen-bond acceptors (Lipinski definition) is 2. The zero-order valence-electron chi connectivity index (χ0n) is 10.6. The second-order valence-corrected chi connectivity index (χ2v) is 6.35. The molecule has 1 N–H and O–H groups in total. The van der Waals surface area contributed by atoms with Gasteiger partial charge in [-0.1, -0.05) is 13.8 Å². The first-order valence-corrected chi connectivity index (χ1v) is 6.50. The highest BCUT2D eigenvalue weighted by molar-refractivity contribution is 4.87. The van der Waals surface area contributed by atoms with E-state index in [1.54, 1.807) is 0 Å². The van der Waals surface area contributed by atoms with Gasteiger partial charge >= 0.3 is 0 Å². The van der Waals surface area contributed by atoms with Crippen molar-refractivity contribution in [3.63, 3.8) is 0 Å². The highest BCUT2D eigenvalue weighted by Crippen LogP contribution is 2.35. The number of hydrogen-bond donors (Lipinski definition) is 1. The van der Waals surface area contributed by atoms with Crippen LogP contribution >= 0.6 is 0 Å². The lowest BCUT2D eigenvalue weighted by molar-refractivity contribution is 0.198. The molecule has 15 heavy (non-hydrogen) atoms. The van der Waals surface area contributed by atoms with Gasteiger partial charge in [0.05, 0.1) is 0 Å². The van der Waals surface area contributed by atoms with E-state index in [4.69, 9.17) is 0 Å². The van der Waals surface area contributed by atoms with Gasteiger partial charge in [-0.3, -0.25) is 0 Å². The Balaban J connectivity index is 1.73. The Bertz CT molecular complexity index is 203. The van der Waals surface area contributed by atoms with Gasteiger partial charge in [-0.2, -0.15) is 0 Å². The minimum absolute atomic E-state index is 0.602. The van der Waals surface area contributed by atoms with Crippen LogP contribution in [0.1, 0.15) is 46.0 Å². The molecule has 0 bridgehead atoms. The predicted octanol–water partition coefficient (Wildman–Crippen LogP) is 2.25. The first-order valence-electron chi connectivity index (χ1n) is 6.50. The fourth-order valence-electron chi connectivity index (χ4n) is 2.97. The van der Waals surface area contributed by atoms with E-state index in [9.17, 15) is 0 Å². The van der Waals surface area contributed by atoms with Gasteiger partial charge in [-0.25, -0.2) is 0 Å². The van der Waals surface area contributed by atoms with Gasteiger partial charge in [-0.05, 0) is 51.1 Å². The molecule has 2 nitrogen and oxygen atoms in total. The van der Waals surface area contributed by atoms with Crippen molar-refractivity contribution in [3.05, 3.63) is 0 Å². The van der Waals surface area contributed by atoms with Crippen molar-refractivity contribution in [1.29, 1.82) is 0 Å². The largest absolute Gasteiger partial charge is 0.310 e. The van der Waals surface area contributed by atoms with Gasteiger partial charge in [0.2, 0.25) is 0 Å². The molecule has 1 heterocycles. The third-order valence-electron chi connectivity index (χ3n) is 4.20. The summed E-state index contributed by atoms with van der Waals surface area (Å²) in [6.45, 7) is 7.34. The summed E-state index contributed by atoms with van der Waals surface area (Å²) < 4.78 is 0. The maximum atomic E-state index is 3.84. The van der Waals surface area contributed by atoms with Crippen molar-refractivity contribution in [2.24, 2.45) is 5.41 Å². The number of likely N-dealkylation sites (N-methyl/N-ethyl adjacent to an activating group) is 1. The van der Waals surface area contributed by atoms with Gasteiger partial charge in [-0.15, -0.1) is 0 Å². The van der Waals surface area contributed by atoms with Crippen molar-refractivity contribution < 1.29 is 0 Å². The number of nitrogens with one attached hydrogen (secondary N) is 1. The Hall–Kier alpha value is -0.0800. The molecule has 1 saturated heterocycles. The fraction of sp³-hybridized carbons (Fsp3) is 1.00. The maximum Gasteiger partial charge on any atom is 0.0209 e. The molecule has 0 aromatic heterocycles. The summed E-state index contributed by atoms with van der Waals surface area (Å²) in [5.41, 5.74) is 0.602. The highest BCUT2D eigenvalue weighted by atomic mass is 15.2. The molecule has 1 atom stereocenters. The molecule has 1 aliphatic heterocycles. The summed E-state index contributed by atoms with van der Waals surface area (Å²) in [5, 5.41) is 3.84. The molecular weight excluding hydrogens is 184 g/mol. The molecule has 0 radical (unpaired) electrons. The van der Waals surface area contributed by atoms with E-state index < -0.39 is 0 Å². The molecule has 2 aliphatic rings. The van der Waals surface area contributed by atoms with Crippen LogP contribution in [0.5, 0.6) is 0 Å². The van der Waals surface area contributed by atoms with Crippen LogP contribution in [0.3, 0.4) is 0 Å². The molecule has 0 amide bonds. The van der Waals surface area contributed by atoms with Crippen LogP contribution in [0.2, 0.25) is 0 Å². The molecule has 1 aliphatic carbocycles. The molecular formula is C13H26N2. The van der Waals surface area contributed by atoms with Crippen LogP contribution in [-0.4, -0.2) is 37.1 Å². The Morgan fingerprint density at radius 3 is 2.27 bits per heavy atom. The number of likely N-dealkylation sites (tertiary alicyclic amines) is 1. The summed E-state index contributed by atoms with van der Waals surface area (Å²) in [7, 11) is 2.23. The average molecular weight is 210 g/mol. The smallest absolute Gasteiger partial charge is 0.0209 e. The number of nitrogens with zero attached hydrogens (tertiary/aromatic N) is 1. The molecule has 0 aromatic rings. The number of rotatable bonds is 2. The normalized spacial score (nSPS) is 33.4. The van der Waals surface area contributed by atoms with E-state index in [0.29, 0.717) is 5.41 Å². The quantitative estimate of drug-likeness (QED) is 0.752. The van der Waals surface area contributed by atoms with Crippen LogP contribution in [-0.2, 0) is 0 Å². The van der Waals surface area contributed by atoms with Crippen LogP contribution in [0, 0.1) is 5.41 Å². The van der Waals surface area contributed by atoms with Crippen molar-refractivity contribution in [3.8, 4) is 0 Å². The summed E-state index contributed by atoms with van der Waals surface area (Å²) in [5.74, 6) is 0. The third kappa shape index (κ3) is 3.18. The third-order valence-corrected chi connectivity index (χ3v) is 4.20. The van der Waals surface area contributed by atoms with Crippen LogP contribution in [0.25, 0.3) is 0 Å². The average Bonchev–Trinajstić information content (AvgIpc) is 2.55. The first-order chi connectivity index (χ1) is 7.05. The van der Waals surface area contributed by atoms with Crippen molar-refractivity contribution in [2.75, 3.05) is 20.1 Å². The molecule has 1 saturated carbocycles. The Kier molecular flexibility index (Phi) is 3.36. The molecule has 88 valence electrons. The Labute approximate surface area is 94.4 Å². The summed E-state index contributed by atoms with van der Waals surface area (Å²) in [6.07, 6.45) is 6.90. The second-order valence-electron chi connectivity index (χ2n) is 6.35. The molecule has 0 unspecified atom stereocenters. The zero-order chi connectivity index (χ0) is 10.9. The minimum Gasteiger partial charge on any atom is -0.310 e. The van der Waals surface area contributed by atoms with Crippen molar-refractivity contribution in [2.45, 2.75) is 58.0 Å². The summed E-state index contributed by atoms with van der Waals surface area (Å²) >= 11 is 0. The molecule has 2 fully saturated rings. The van der Waals surface area contributed by atoms with E-state index in [0.717, 1.165) is 12.1 Å². The SMILES string of the molecule is CN1CC[C@H](NC2CCC(C)(C)CC2)C1. The Morgan fingerprint density at radius 1 is 1.07 bits per heavy atom. The van der Waals surface area contributed by atoms with Gasteiger partial charge in [0.1, 0.15) is 0 Å². The first kappa shape index (κ1) is 11.4. The van der Waals surface area contributed by atoms with E-state index in [-0.39, 0.29) is 0 Å².